The maximum Gasteiger partial charge on any atom is 0.326 e. The Morgan fingerprint density at radius 1 is 1.00 bits per heavy atom. The first kappa shape index (κ1) is 27.2. The highest BCUT2D eigenvalue weighted by Crippen LogP contribution is 2.25. The maximum atomic E-state index is 12.5. The van der Waals surface area contributed by atoms with Gasteiger partial charge in [-0.05, 0) is 29.5 Å². The van der Waals surface area contributed by atoms with E-state index >= 15 is 0 Å². The second-order valence-electron chi connectivity index (χ2n) is 9.51. The maximum absolute atomic E-state index is 12.5. The number of nitrogens with zero attached hydrogens (tertiary/aromatic N) is 1. The zero-order valence-corrected chi connectivity index (χ0v) is 21.5. The fraction of sp³-hybridized carbons (Fsp3) is 0.320. The summed E-state index contributed by atoms with van der Waals surface area (Å²) in [5.74, 6) is -1.69. The van der Waals surface area contributed by atoms with Crippen LogP contribution in [0.1, 0.15) is 43.1 Å². The van der Waals surface area contributed by atoms with Crippen molar-refractivity contribution in [2.75, 3.05) is 22.5 Å². The fourth-order valence-corrected chi connectivity index (χ4v) is 3.95. The van der Waals surface area contributed by atoms with Crippen molar-refractivity contribution in [3.8, 4) is 0 Å². The molecule has 1 aromatic heterocycles. The van der Waals surface area contributed by atoms with Gasteiger partial charge in [-0.15, -0.1) is 0 Å². The van der Waals surface area contributed by atoms with Crippen LogP contribution < -0.4 is 26.8 Å². The number of carbonyl (C=O) groups is 2. The van der Waals surface area contributed by atoms with Gasteiger partial charge in [-0.25, -0.2) is 4.79 Å². The summed E-state index contributed by atoms with van der Waals surface area (Å²) in [5, 5.41) is 18.2. The van der Waals surface area contributed by atoms with Gasteiger partial charge in [-0.1, -0.05) is 56.1 Å². The highest BCUT2D eigenvalue weighted by Gasteiger charge is 2.27. The number of amides is 1. The molecule has 3 aromatic rings. The third kappa shape index (κ3) is 6.61. The third-order valence-corrected chi connectivity index (χ3v) is 6.01. The zero-order chi connectivity index (χ0) is 26.6. The van der Waals surface area contributed by atoms with Gasteiger partial charge in [0.05, 0.1) is 15.6 Å². The fourth-order valence-electron chi connectivity index (χ4n) is 3.42. The molecule has 190 valence electrons. The van der Waals surface area contributed by atoms with Gasteiger partial charge < -0.3 is 21.1 Å². The molecule has 0 radical (unpaired) electrons. The van der Waals surface area contributed by atoms with E-state index in [0.717, 1.165) is 6.42 Å². The van der Waals surface area contributed by atoms with E-state index in [4.69, 9.17) is 23.2 Å². The number of carboxylic acids is 1. The van der Waals surface area contributed by atoms with Crippen molar-refractivity contribution in [1.82, 2.24) is 4.98 Å². The molecule has 0 aliphatic carbocycles. The highest BCUT2D eigenvalue weighted by atomic mass is 35.5. The minimum absolute atomic E-state index is 0.0173. The SMILES string of the molecule is CC(C)(C)CCNc1c(N[C@@H](Cc2ccc(NC(=O)c3c(Cl)cncc3Cl)cc2)C(=O)O)c(=O)c1=O. The number of aromatic nitrogens is 1. The molecule has 0 saturated carbocycles. The summed E-state index contributed by atoms with van der Waals surface area (Å²) in [7, 11) is 0. The standard InChI is InChI=1S/C25H26Cl2N4O5/c1-25(2,3)8-9-29-19-20(22(33)21(19)32)31-17(24(35)36)10-13-4-6-14(7-5-13)30-23(34)18-15(26)11-28-12-16(18)27/h4-7,11-12,17,29,31H,8-10H2,1-3H3,(H,30,34)(H,35,36)/t17-/m0/s1. The van der Waals surface area contributed by atoms with Gasteiger partial charge >= 0.3 is 5.97 Å². The molecule has 0 aliphatic heterocycles. The van der Waals surface area contributed by atoms with Crippen molar-refractivity contribution in [1.29, 1.82) is 0 Å². The van der Waals surface area contributed by atoms with E-state index in [-0.39, 0.29) is 38.8 Å². The highest BCUT2D eigenvalue weighted by molar-refractivity contribution is 6.40. The Bertz CT molecular complexity index is 1320. The van der Waals surface area contributed by atoms with Crippen LogP contribution in [0.15, 0.2) is 46.2 Å². The molecule has 0 saturated heterocycles. The molecule has 0 unspecified atom stereocenters. The van der Waals surface area contributed by atoms with Crippen molar-refractivity contribution in [3.05, 3.63) is 78.3 Å². The Balaban J connectivity index is 1.67. The van der Waals surface area contributed by atoms with Gasteiger partial charge in [0.25, 0.3) is 16.8 Å². The lowest BCUT2D eigenvalue weighted by atomic mass is 9.92. The van der Waals surface area contributed by atoms with Gasteiger partial charge in [0.1, 0.15) is 17.4 Å². The predicted octanol–water partition coefficient (Wildman–Crippen LogP) is 4.19. The summed E-state index contributed by atoms with van der Waals surface area (Å²) in [6.07, 6.45) is 3.42. The molecule has 0 aliphatic rings. The lowest BCUT2D eigenvalue weighted by Crippen LogP contribution is -2.42. The van der Waals surface area contributed by atoms with Crippen LogP contribution in [0.3, 0.4) is 0 Å². The molecule has 1 atom stereocenters. The van der Waals surface area contributed by atoms with Gasteiger partial charge in [0.2, 0.25) is 0 Å². The molecule has 9 nitrogen and oxygen atoms in total. The number of anilines is 3. The van der Waals surface area contributed by atoms with Crippen LogP contribution in [-0.4, -0.2) is 34.6 Å². The van der Waals surface area contributed by atoms with Crippen molar-refractivity contribution >= 4 is 52.1 Å². The van der Waals surface area contributed by atoms with E-state index in [1.165, 1.54) is 12.4 Å². The largest absolute Gasteiger partial charge is 0.480 e. The number of nitrogens with one attached hydrogen (secondary N) is 3. The Hall–Kier alpha value is -3.43. The Labute approximate surface area is 217 Å². The van der Waals surface area contributed by atoms with Crippen molar-refractivity contribution in [2.24, 2.45) is 5.41 Å². The van der Waals surface area contributed by atoms with Crippen LogP contribution in [0.2, 0.25) is 10.0 Å². The van der Waals surface area contributed by atoms with Crippen LogP contribution in [0, 0.1) is 5.41 Å². The molecule has 36 heavy (non-hydrogen) atoms. The number of benzene rings is 1. The molecule has 0 spiro atoms. The number of carboxylic acid groups (broad SMARTS) is 1. The normalized spacial score (nSPS) is 12.2. The van der Waals surface area contributed by atoms with E-state index in [1.54, 1.807) is 24.3 Å². The van der Waals surface area contributed by atoms with Gasteiger partial charge in [0, 0.05) is 31.0 Å². The predicted molar refractivity (Wildman–Crippen MR) is 141 cm³/mol. The van der Waals surface area contributed by atoms with E-state index < -0.39 is 28.8 Å². The van der Waals surface area contributed by atoms with Crippen molar-refractivity contribution < 1.29 is 14.7 Å². The Morgan fingerprint density at radius 2 is 1.58 bits per heavy atom. The molecular weight excluding hydrogens is 507 g/mol. The number of hydrogen-bond acceptors (Lipinski definition) is 7. The summed E-state index contributed by atoms with van der Waals surface area (Å²) in [6.45, 7) is 6.63. The molecule has 1 amide bonds. The molecule has 0 bridgehead atoms. The van der Waals surface area contributed by atoms with E-state index in [9.17, 15) is 24.3 Å². The van der Waals surface area contributed by atoms with E-state index in [2.05, 4.69) is 41.7 Å². The molecule has 11 heteroatoms. The van der Waals surface area contributed by atoms with Crippen LogP contribution >= 0.6 is 23.2 Å². The van der Waals surface area contributed by atoms with Crippen LogP contribution in [-0.2, 0) is 11.2 Å². The molecule has 1 heterocycles. The lowest BCUT2D eigenvalue weighted by molar-refractivity contribution is -0.137. The quantitative estimate of drug-likeness (QED) is 0.285. The third-order valence-electron chi connectivity index (χ3n) is 5.44. The van der Waals surface area contributed by atoms with Crippen molar-refractivity contribution in [3.63, 3.8) is 0 Å². The van der Waals surface area contributed by atoms with Gasteiger partial charge in [-0.2, -0.15) is 0 Å². The first-order valence-corrected chi connectivity index (χ1v) is 11.9. The molecule has 3 rings (SSSR count). The average Bonchev–Trinajstić information content (AvgIpc) is 2.79. The van der Waals surface area contributed by atoms with Crippen LogP contribution in [0.25, 0.3) is 0 Å². The van der Waals surface area contributed by atoms with E-state index in [0.29, 0.717) is 17.8 Å². The summed E-state index contributed by atoms with van der Waals surface area (Å²) in [6, 6.07) is 5.35. The second-order valence-corrected chi connectivity index (χ2v) is 10.3. The molecule has 2 aromatic carbocycles. The van der Waals surface area contributed by atoms with Gasteiger partial charge in [-0.3, -0.25) is 19.4 Å². The summed E-state index contributed by atoms with van der Waals surface area (Å²) >= 11 is 12.0. The average molecular weight is 533 g/mol. The first-order chi connectivity index (χ1) is 16.9. The number of rotatable bonds is 10. The topological polar surface area (TPSA) is 137 Å². The van der Waals surface area contributed by atoms with E-state index in [1.807, 2.05) is 0 Å². The lowest BCUT2D eigenvalue weighted by Gasteiger charge is -2.22. The Kier molecular flexibility index (Phi) is 8.37. The first-order valence-electron chi connectivity index (χ1n) is 11.1. The number of halogens is 2. The van der Waals surface area contributed by atoms with Crippen LogP contribution in [0.4, 0.5) is 17.1 Å². The minimum atomic E-state index is -1.18. The summed E-state index contributed by atoms with van der Waals surface area (Å²) in [5.41, 5.74) is -0.111. The number of hydrogen-bond donors (Lipinski definition) is 4. The van der Waals surface area contributed by atoms with Crippen LogP contribution in [0.5, 0.6) is 0 Å². The number of aliphatic carboxylic acids is 1. The summed E-state index contributed by atoms with van der Waals surface area (Å²) < 4.78 is 0. The molecule has 4 N–H and O–H groups in total. The number of carbonyl (C=O) groups excluding carboxylic acids is 1. The van der Waals surface area contributed by atoms with Gasteiger partial charge in [0.15, 0.2) is 0 Å². The minimum Gasteiger partial charge on any atom is -0.480 e. The molecule has 0 fully saturated rings. The smallest absolute Gasteiger partial charge is 0.326 e. The Morgan fingerprint density at radius 3 is 2.14 bits per heavy atom. The molecular formula is C25H26Cl2N4O5. The second kappa shape index (κ2) is 11.1. The summed E-state index contributed by atoms with van der Waals surface area (Å²) in [4.78, 5) is 52.3. The monoisotopic (exact) mass is 532 g/mol. The zero-order valence-electron chi connectivity index (χ0n) is 19.9. The van der Waals surface area contributed by atoms with Crippen molar-refractivity contribution in [2.45, 2.75) is 39.7 Å². The number of pyridine rings is 1.